The Labute approximate surface area is 120 Å². The second-order valence-electron chi connectivity index (χ2n) is 4.04. The fraction of sp³-hybridized carbons (Fsp3) is 0.0769. The third-order valence-corrected chi connectivity index (χ3v) is 4.26. The monoisotopic (exact) mass is 315 g/mol. The molecule has 2 N–H and O–H groups in total. The fourth-order valence-corrected chi connectivity index (χ4v) is 2.95. The highest BCUT2D eigenvalue weighted by atomic mass is 35.5. The van der Waals surface area contributed by atoms with Crippen LogP contribution in [0.5, 0.6) is 0 Å². The molecule has 0 spiro atoms. The zero-order chi connectivity index (χ0) is 14.8. The molecule has 20 heavy (non-hydrogen) atoms. The van der Waals surface area contributed by atoms with Gasteiger partial charge < -0.3 is 5.11 Å². The molecule has 0 heterocycles. The van der Waals surface area contributed by atoms with Crippen molar-refractivity contribution < 1.29 is 17.9 Å². The largest absolute Gasteiger partial charge is 0.392 e. The zero-order valence-electron chi connectivity index (χ0n) is 10.2. The van der Waals surface area contributed by atoms with Crippen LogP contribution < -0.4 is 4.72 Å². The summed E-state index contributed by atoms with van der Waals surface area (Å²) < 4.78 is 39.6. The number of aliphatic hydroxyl groups excluding tert-OH is 1. The van der Waals surface area contributed by atoms with Crippen LogP contribution in [0.2, 0.25) is 5.02 Å². The predicted molar refractivity (Wildman–Crippen MR) is 74.6 cm³/mol. The van der Waals surface area contributed by atoms with Crippen LogP contribution in [0.4, 0.5) is 10.1 Å². The molecule has 0 saturated heterocycles. The average Bonchev–Trinajstić information content (AvgIpc) is 2.43. The number of aliphatic hydroxyl groups is 1. The van der Waals surface area contributed by atoms with E-state index in [9.17, 15) is 12.8 Å². The van der Waals surface area contributed by atoms with Gasteiger partial charge in [-0.3, -0.25) is 4.72 Å². The van der Waals surface area contributed by atoms with Crippen molar-refractivity contribution in [3.8, 4) is 0 Å². The van der Waals surface area contributed by atoms with Crippen molar-refractivity contribution in [2.24, 2.45) is 0 Å². The normalized spacial score (nSPS) is 11.3. The van der Waals surface area contributed by atoms with E-state index in [0.29, 0.717) is 5.56 Å². The summed E-state index contributed by atoms with van der Waals surface area (Å²) in [6.07, 6.45) is 0. The predicted octanol–water partition coefficient (Wildman–Crippen LogP) is 2.77. The van der Waals surface area contributed by atoms with E-state index in [2.05, 4.69) is 4.72 Å². The SMILES string of the molecule is O=S(=O)(Nc1cc(F)ccc1Cl)c1cccc(CO)c1. The van der Waals surface area contributed by atoms with Gasteiger partial charge in [0.25, 0.3) is 10.0 Å². The quantitative estimate of drug-likeness (QED) is 0.911. The zero-order valence-corrected chi connectivity index (χ0v) is 11.7. The van der Waals surface area contributed by atoms with Crippen LogP contribution in [-0.2, 0) is 16.6 Å². The van der Waals surface area contributed by atoms with Gasteiger partial charge in [0.2, 0.25) is 0 Å². The van der Waals surface area contributed by atoms with Crippen molar-refractivity contribution >= 4 is 27.3 Å². The molecule has 0 bridgehead atoms. The van der Waals surface area contributed by atoms with E-state index in [1.807, 2.05) is 0 Å². The van der Waals surface area contributed by atoms with Gasteiger partial charge in [0.1, 0.15) is 5.82 Å². The molecule has 0 aliphatic rings. The van der Waals surface area contributed by atoms with Crippen molar-refractivity contribution in [3.05, 3.63) is 58.9 Å². The maximum atomic E-state index is 13.1. The van der Waals surface area contributed by atoms with Crippen LogP contribution in [0.15, 0.2) is 47.4 Å². The van der Waals surface area contributed by atoms with Gasteiger partial charge in [0.15, 0.2) is 0 Å². The number of benzene rings is 2. The molecular weight excluding hydrogens is 305 g/mol. The highest BCUT2D eigenvalue weighted by molar-refractivity contribution is 7.92. The number of hydrogen-bond donors (Lipinski definition) is 2. The van der Waals surface area contributed by atoms with Crippen molar-refractivity contribution in [1.29, 1.82) is 0 Å². The summed E-state index contributed by atoms with van der Waals surface area (Å²) >= 11 is 5.81. The second-order valence-corrected chi connectivity index (χ2v) is 6.12. The van der Waals surface area contributed by atoms with Crippen molar-refractivity contribution in [2.45, 2.75) is 11.5 Å². The first-order valence-electron chi connectivity index (χ1n) is 5.60. The second kappa shape index (κ2) is 5.78. The molecule has 0 fully saturated rings. The summed E-state index contributed by atoms with van der Waals surface area (Å²) in [5, 5.41) is 9.10. The van der Waals surface area contributed by atoms with Gasteiger partial charge in [-0.2, -0.15) is 0 Å². The number of anilines is 1. The van der Waals surface area contributed by atoms with Gasteiger partial charge in [-0.25, -0.2) is 12.8 Å². The van der Waals surface area contributed by atoms with Crippen LogP contribution in [0, 0.1) is 5.82 Å². The first-order valence-corrected chi connectivity index (χ1v) is 7.46. The Morgan fingerprint density at radius 2 is 1.95 bits per heavy atom. The van der Waals surface area contributed by atoms with E-state index in [-0.39, 0.29) is 22.2 Å². The minimum Gasteiger partial charge on any atom is -0.392 e. The first-order chi connectivity index (χ1) is 9.42. The maximum absolute atomic E-state index is 13.1. The smallest absolute Gasteiger partial charge is 0.261 e. The van der Waals surface area contributed by atoms with Crippen LogP contribution in [0.1, 0.15) is 5.56 Å². The fourth-order valence-electron chi connectivity index (χ4n) is 1.59. The van der Waals surface area contributed by atoms with Crippen LogP contribution >= 0.6 is 11.6 Å². The van der Waals surface area contributed by atoms with E-state index in [0.717, 1.165) is 12.1 Å². The van der Waals surface area contributed by atoms with Crippen molar-refractivity contribution in [1.82, 2.24) is 0 Å². The average molecular weight is 316 g/mol. The Bertz CT molecular complexity index is 734. The highest BCUT2D eigenvalue weighted by Crippen LogP contribution is 2.25. The Kier molecular flexibility index (Phi) is 4.27. The molecular formula is C13H11ClFNO3S. The molecule has 0 saturated carbocycles. The van der Waals surface area contributed by atoms with E-state index >= 15 is 0 Å². The molecule has 106 valence electrons. The Morgan fingerprint density at radius 1 is 1.20 bits per heavy atom. The van der Waals surface area contributed by atoms with Gasteiger partial charge >= 0.3 is 0 Å². The van der Waals surface area contributed by atoms with Crippen molar-refractivity contribution in [3.63, 3.8) is 0 Å². The lowest BCUT2D eigenvalue weighted by atomic mass is 10.2. The Morgan fingerprint density at radius 3 is 2.65 bits per heavy atom. The first kappa shape index (κ1) is 14.8. The van der Waals surface area contributed by atoms with E-state index in [1.165, 1.54) is 24.3 Å². The van der Waals surface area contributed by atoms with Gasteiger partial charge in [-0.1, -0.05) is 23.7 Å². The molecule has 0 aliphatic carbocycles. The van der Waals surface area contributed by atoms with Crippen LogP contribution in [0.25, 0.3) is 0 Å². The maximum Gasteiger partial charge on any atom is 0.261 e. The number of rotatable bonds is 4. The highest BCUT2D eigenvalue weighted by Gasteiger charge is 2.16. The number of halogens is 2. The molecule has 2 aromatic carbocycles. The van der Waals surface area contributed by atoms with Gasteiger partial charge in [0.05, 0.1) is 22.2 Å². The topological polar surface area (TPSA) is 66.4 Å². The third-order valence-electron chi connectivity index (χ3n) is 2.56. The third kappa shape index (κ3) is 3.27. The summed E-state index contributed by atoms with van der Waals surface area (Å²) in [4.78, 5) is -0.0376. The van der Waals surface area contributed by atoms with Gasteiger partial charge in [-0.15, -0.1) is 0 Å². The molecule has 7 heteroatoms. The Hall–Kier alpha value is -1.63. The van der Waals surface area contributed by atoms with E-state index in [1.54, 1.807) is 6.07 Å². The number of hydrogen-bond acceptors (Lipinski definition) is 3. The van der Waals surface area contributed by atoms with E-state index < -0.39 is 15.8 Å². The summed E-state index contributed by atoms with van der Waals surface area (Å²) in [6.45, 7) is -0.274. The van der Waals surface area contributed by atoms with Gasteiger partial charge in [-0.05, 0) is 35.9 Å². The summed E-state index contributed by atoms with van der Waals surface area (Å²) in [5.74, 6) is -0.601. The molecule has 0 atom stereocenters. The van der Waals surface area contributed by atoms with Crippen LogP contribution in [-0.4, -0.2) is 13.5 Å². The summed E-state index contributed by atoms with van der Waals surface area (Å²) in [6, 6.07) is 9.19. The lowest BCUT2D eigenvalue weighted by Gasteiger charge is -2.10. The standard InChI is InChI=1S/C13H11ClFNO3S/c14-12-5-4-10(15)7-13(12)16-20(18,19)11-3-1-2-9(6-11)8-17/h1-7,16-17H,8H2. The molecule has 0 aromatic heterocycles. The molecule has 2 aromatic rings. The molecule has 0 aliphatic heterocycles. The van der Waals surface area contributed by atoms with Crippen LogP contribution in [0.3, 0.4) is 0 Å². The van der Waals surface area contributed by atoms with Crippen molar-refractivity contribution in [2.75, 3.05) is 4.72 Å². The number of nitrogens with one attached hydrogen (secondary N) is 1. The molecule has 0 radical (unpaired) electrons. The Balaban J connectivity index is 2.38. The molecule has 2 rings (SSSR count). The minimum absolute atomic E-state index is 0.0376. The lowest BCUT2D eigenvalue weighted by molar-refractivity contribution is 0.281. The van der Waals surface area contributed by atoms with Gasteiger partial charge in [0, 0.05) is 0 Å². The summed E-state index contributed by atoms with van der Waals surface area (Å²) in [5.41, 5.74) is 0.416. The molecule has 0 unspecified atom stereocenters. The molecule has 4 nitrogen and oxygen atoms in total. The number of sulfonamides is 1. The lowest BCUT2D eigenvalue weighted by Crippen LogP contribution is -2.13. The minimum atomic E-state index is -3.90. The molecule has 0 amide bonds. The summed E-state index contributed by atoms with van der Waals surface area (Å²) in [7, 11) is -3.90. The van der Waals surface area contributed by atoms with E-state index in [4.69, 9.17) is 16.7 Å².